The van der Waals surface area contributed by atoms with Crippen molar-refractivity contribution in [3.8, 4) is 0 Å². The van der Waals surface area contributed by atoms with Crippen molar-refractivity contribution < 1.29 is 23.9 Å². The maximum absolute atomic E-state index is 13.1. The first-order chi connectivity index (χ1) is 18.1. The van der Waals surface area contributed by atoms with Gasteiger partial charge in [0.1, 0.15) is 24.2 Å². The van der Waals surface area contributed by atoms with E-state index in [9.17, 15) is 19.2 Å². The summed E-state index contributed by atoms with van der Waals surface area (Å²) in [6, 6.07) is 5.55. The van der Waals surface area contributed by atoms with Gasteiger partial charge in [-0.15, -0.1) is 0 Å². The zero-order valence-electron chi connectivity index (χ0n) is 22.5. The van der Waals surface area contributed by atoms with Crippen LogP contribution in [0.25, 0.3) is 10.8 Å². The smallest absolute Gasteiger partial charge is 0.325 e. The van der Waals surface area contributed by atoms with Gasteiger partial charge >= 0.3 is 5.97 Å². The van der Waals surface area contributed by atoms with Crippen LogP contribution in [-0.2, 0) is 30.3 Å². The van der Waals surface area contributed by atoms with Crippen molar-refractivity contribution in [2.24, 2.45) is 5.92 Å². The van der Waals surface area contributed by atoms with Gasteiger partial charge in [0.05, 0.1) is 0 Å². The van der Waals surface area contributed by atoms with Crippen molar-refractivity contribution in [1.29, 1.82) is 0 Å². The van der Waals surface area contributed by atoms with E-state index in [1.807, 2.05) is 45.0 Å². The number of amides is 3. The van der Waals surface area contributed by atoms with Gasteiger partial charge in [-0.05, 0) is 68.5 Å². The fraction of sp³-hybridized carbons (Fsp3) is 0.536. The fourth-order valence-corrected chi connectivity index (χ4v) is 4.84. The lowest BCUT2D eigenvalue weighted by Gasteiger charge is -2.35. The van der Waals surface area contributed by atoms with Crippen LogP contribution in [0.2, 0.25) is 0 Å². The number of carbonyl (C=O) groups is 4. The monoisotopic (exact) mass is 523 g/mol. The van der Waals surface area contributed by atoms with E-state index in [1.54, 1.807) is 13.1 Å². The van der Waals surface area contributed by atoms with E-state index in [0.717, 1.165) is 22.0 Å². The number of aromatic nitrogens is 1. The average Bonchev–Trinajstić information content (AvgIpc) is 2.90. The van der Waals surface area contributed by atoms with Crippen molar-refractivity contribution >= 4 is 34.5 Å². The lowest BCUT2D eigenvalue weighted by atomic mass is 10.0. The topological polar surface area (TPSA) is 130 Å². The fourth-order valence-electron chi connectivity index (χ4n) is 4.84. The zero-order valence-corrected chi connectivity index (χ0v) is 22.5. The van der Waals surface area contributed by atoms with Gasteiger partial charge in [-0.1, -0.05) is 26.0 Å². The molecule has 4 rings (SSSR count). The van der Waals surface area contributed by atoms with Gasteiger partial charge in [0.25, 0.3) is 5.91 Å². The molecule has 2 aliphatic heterocycles. The molecule has 38 heavy (non-hydrogen) atoms. The third-order valence-corrected chi connectivity index (χ3v) is 7.13. The van der Waals surface area contributed by atoms with Crippen LogP contribution in [-0.4, -0.2) is 58.4 Å². The van der Waals surface area contributed by atoms with E-state index < -0.39 is 36.1 Å². The minimum Gasteiger partial charge on any atom is -0.457 e. The summed E-state index contributed by atoms with van der Waals surface area (Å²) in [7, 11) is 0. The van der Waals surface area contributed by atoms with Crippen molar-refractivity contribution in [2.75, 3.05) is 6.54 Å². The first-order valence-electron chi connectivity index (χ1n) is 13.4. The molecule has 3 amide bonds. The number of hydrazine groups is 1. The molecule has 4 unspecified atom stereocenters. The second kappa shape index (κ2) is 11.9. The number of benzene rings is 1. The molecule has 10 nitrogen and oxygen atoms in total. The van der Waals surface area contributed by atoms with E-state index in [-0.39, 0.29) is 24.2 Å². The number of ether oxygens (including phenoxy) is 1. The van der Waals surface area contributed by atoms with Crippen molar-refractivity contribution in [3.05, 3.63) is 41.7 Å². The van der Waals surface area contributed by atoms with Gasteiger partial charge in [-0.25, -0.2) is 5.43 Å². The third-order valence-electron chi connectivity index (χ3n) is 7.13. The van der Waals surface area contributed by atoms with Gasteiger partial charge in [0.15, 0.2) is 0 Å². The van der Waals surface area contributed by atoms with E-state index in [0.29, 0.717) is 32.2 Å². The van der Waals surface area contributed by atoms with Crippen LogP contribution >= 0.6 is 0 Å². The number of hydrogen-bond acceptors (Lipinski definition) is 7. The summed E-state index contributed by atoms with van der Waals surface area (Å²) < 4.78 is 5.78. The van der Waals surface area contributed by atoms with E-state index in [4.69, 9.17) is 4.74 Å². The number of hydrogen-bond donors (Lipinski definition) is 3. The summed E-state index contributed by atoms with van der Waals surface area (Å²) in [6.45, 7) is 7.51. The molecule has 5 bridgehead atoms. The molecule has 2 aromatic rings. The number of esters is 1. The molecule has 0 radical (unpaired) electrons. The van der Waals surface area contributed by atoms with E-state index in [2.05, 4.69) is 21.0 Å². The second-order valence-corrected chi connectivity index (χ2v) is 10.5. The molecular weight excluding hydrogens is 486 g/mol. The molecule has 1 aromatic carbocycles. The van der Waals surface area contributed by atoms with E-state index >= 15 is 0 Å². The van der Waals surface area contributed by atoms with E-state index in [1.165, 1.54) is 5.01 Å². The number of aryl methyl sites for hydroxylation is 1. The highest BCUT2D eigenvalue weighted by Crippen LogP contribution is 2.24. The lowest BCUT2D eigenvalue weighted by Crippen LogP contribution is -2.61. The minimum atomic E-state index is -0.847. The Morgan fingerprint density at radius 1 is 1.00 bits per heavy atom. The van der Waals surface area contributed by atoms with Crippen LogP contribution in [0, 0.1) is 5.92 Å². The van der Waals surface area contributed by atoms with Gasteiger partial charge in [-0.2, -0.15) is 0 Å². The Kier molecular flexibility index (Phi) is 8.61. The van der Waals surface area contributed by atoms with Crippen LogP contribution in [0.1, 0.15) is 70.7 Å². The first-order valence-corrected chi connectivity index (χ1v) is 13.4. The molecule has 10 heteroatoms. The highest BCUT2D eigenvalue weighted by molar-refractivity contribution is 5.92. The van der Waals surface area contributed by atoms with Crippen LogP contribution in [0.5, 0.6) is 0 Å². The zero-order chi connectivity index (χ0) is 27.4. The van der Waals surface area contributed by atoms with Gasteiger partial charge < -0.3 is 15.4 Å². The standard InChI is InChI=1S/C28H37N5O5/c1-16(2)25-26(35)30-17(3)27(36)33-12-6-8-23(32-33)28(37)38-18(4)19-10-11-20-15-29-22(14-21(20)13-19)7-5-9-24(34)31-25/h10-11,13-18,23,25,32H,5-9,12H2,1-4H3,(H,30,35)(H,31,34). The summed E-state index contributed by atoms with van der Waals surface area (Å²) >= 11 is 0. The molecule has 2 aliphatic rings. The Hall–Kier alpha value is -3.53. The van der Waals surface area contributed by atoms with Gasteiger partial charge in [0.2, 0.25) is 11.8 Å². The van der Waals surface area contributed by atoms with Crippen LogP contribution in [0.15, 0.2) is 30.5 Å². The van der Waals surface area contributed by atoms with Crippen molar-refractivity contribution in [1.82, 2.24) is 26.1 Å². The van der Waals surface area contributed by atoms with Gasteiger partial charge in [0, 0.05) is 30.2 Å². The normalized spacial score (nSPS) is 26.2. The van der Waals surface area contributed by atoms with Crippen molar-refractivity contribution in [2.45, 2.75) is 84.0 Å². The molecule has 0 saturated carbocycles. The highest BCUT2D eigenvalue weighted by Gasteiger charge is 2.33. The Morgan fingerprint density at radius 2 is 1.79 bits per heavy atom. The predicted octanol–water partition coefficient (Wildman–Crippen LogP) is 2.32. The minimum absolute atomic E-state index is 0.173. The summed E-state index contributed by atoms with van der Waals surface area (Å²) in [5, 5.41) is 8.88. The Morgan fingerprint density at radius 3 is 2.55 bits per heavy atom. The molecule has 0 aliphatic carbocycles. The number of pyridine rings is 1. The predicted molar refractivity (Wildman–Crippen MR) is 141 cm³/mol. The van der Waals surface area contributed by atoms with Crippen LogP contribution < -0.4 is 16.1 Å². The quantitative estimate of drug-likeness (QED) is 0.489. The number of fused-ring (bicyclic) bond motifs is 4. The Balaban J connectivity index is 1.60. The largest absolute Gasteiger partial charge is 0.457 e. The summed E-state index contributed by atoms with van der Waals surface area (Å²) in [5.41, 5.74) is 4.69. The molecule has 3 heterocycles. The molecule has 4 atom stereocenters. The molecule has 1 aromatic heterocycles. The number of rotatable bonds is 1. The average molecular weight is 524 g/mol. The summed E-state index contributed by atoms with van der Waals surface area (Å²) in [5.74, 6) is -1.62. The highest BCUT2D eigenvalue weighted by atomic mass is 16.5. The van der Waals surface area contributed by atoms with Crippen LogP contribution in [0.4, 0.5) is 0 Å². The number of nitrogens with one attached hydrogen (secondary N) is 3. The maximum atomic E-state index is 13.1. The molecule has 1 saturated heterocycles. The molecule has 0 spiro atoms. The molecule has 1 fully saturated rings. The Labute approximate surface area is 222 Å². The number of nitrogens with zero attached hydrogens (tertiary/aromatic N) is 2. The third kappa shape index (κ3) is 6.48. The molecular formula is C28H37N5O5. The lowest BCUT2D eigenvalue weighted by molar-refractivity contribution is -0.157. The SMILES string of the molecule is CC1NC(=O)C(C(C)C)NC(=O)CCCc2cc3cc(ccc3cn2)C(C)OC(=O)C2CCCN(N2)C1=O. The number of cyclic esters (lactones) is 1. The van der Waals surface area contributed by atoms with Crippen molar-refractivity contribution in [3.63, 3.8) is 0 Å². The van der Waals surface area contributed by atoms with Crippen LogP contribution in [0.3, 0.4) is 0 Å². The van der Waals surface area contributed by atoms with Gasteiger partial charge in [-0.3, -0.25) is 29.2 Å². The first kappa shape index (κ1) is 27.5. The Bertz CT molecular complexity index is 1220. The summed E-state index contributed by atoms with van der Waals surface area (Å²) in [4.78, 5) is 56.3. The molecule has 204 valence electrons. The number of carbonyl (C=O) groups excluding carboxylic acids is 4. The summed E-state index contributed by atoms with van der Waals surface area (Å²) in [6.07, 6.45) is 3.89. The molecule has 3 N–H and O–H groups in total. The second-order valence-electron chi connectivity index (χ2n) is 10.5. The maximum Gasteiger partial charge on any atom is 0.325 e.